The zero-order valence-electron chi connectivity index (χ0n) is 12.1. The van der Waals surface area contributed by atoms with Crippen molar-refractivity contribution in [2.24, 2.45) is 0 Å². The first-order chi connectivity index (χ1) is 9.56. The standard InChI is InChI=1S/C15H18F3NO2/c1-14(2,3)21-13(20)19-12-8-11(12)9-4-6-10(7-5-9)15(16,17)18/h4-7,11-12H,8H2,1-3H3,(H,19,20). The average molecular weight is 301 g/mol. The smallest absolute Gasteiger partial charge is 0.416 e. The van der Waals surface area contributed by atoms with Crippen molar-refractivity contribution in [3.63, 3.8) is 0 Å². The first kappa shape index (κ1) is 15.7. The number of carbonyl (C=O) groups is 1. The van der Waals surface area contributed by atoms with Crippen molar-refractivity contribution < 1.29 is 22.7 Å². The van der Waals surface area contributed by atoms with Crippen LogP contribution in [0.1, 0.15) is 44.2 Å². The van der Waals surface area contributed by atoms with Crippen LogP contribution in [0, 0.1) is 0 Å². The van der Waals surface area contributed by atoms with Gasteiger partial charge in [-0.2, -0.15) is 13.2 Å². The molecule has 0 radical (unpaired) electrons. The summed E-state index contributed by atoms with van der Waals surface area (Å²) < 4.78 is 42.5. The van der Waals surface area contributed by atoms with Crippen molar-refractivity contribution in [3.8, 4) is 0 Å². The number of amides is 1. The Kier molecular flexibility index (Phi) is 3.91. The fourth-order valence-electron chi connectivity index (χ4n) is 2.10. The summed E-state index contributed by atoms with van der Waals surface area (Å²) in [6.45, 7) is 5.31. The second-order valence-corrected chi connectivity index (χ2v) is 6.21. The van der Waals surface area contributed by atoms with Crippen LogP contribution in [0.2, 0.25) is 0 Å². The molecule has 2 rings (SSSR count). The SMILES string of the molecule is CC(C)(C)OC(=O)NC1CC1c1ccc(C(F)(F)F)cc1. The minimum absolute atomic E-state index is 0.0554. The molecule has 21 heavy (non-hydrogen) atoms. The van der Waals surface area contributed by atoms with E-state index in [0.717, 1.165) is 17.7 Å². The molecule has 0 aromatic heterocycles. The molecule has 2 unspecified atom stereocenters. The number of benzene rings is 1. The van der Waals surface area contributed by atoms with Crippen LogP contribution in [0.4, 0.5) is 18.0 Å². The summed E-state index contributed by atoms with van der Waals surface area (Å²) >= 11 is 0. The van der Waals surface area contributed by atoms with Gasteiger partial charge < -0.3 is 10.1 Å². The van der Waals surface area contributed by atoms with Crippen LogP contribution in [0.5, 0.6) is 0 Å². The van der Waals surface area contributed by atoms with Crippen LogP contribution >= 0.6 is 0 Å². The lowest BCUT2D eigenvalue weighted by Gasteiger charge is -2.19. The minimum Gasteiger partial charge on any atom is -0.444 e. The van der Waals surface area contributed by atoms with E-state index in [1.807, 2.05) is 0 Å². The Morgan fingerprint density at radius 2 is 1.76 bits per heavy atom. The van der Waals surface area contributed by atoms with Crippen LogP contribution in [-0.2, 0) is 10.9 Å². The van der Waals surface area contributed by atoms with Gasteiger partial charge in [-0.3, -0.25) is 0 Å². The number of hydrogen-bond acceptors (Lipinski definition) is 2. The molecule has 116 valence electrons. The third-order valence-corrected chi connectivity index (χ3v) is 3.16. The Morgan fingerprint density at radius 3 is 2.24 bits per heavy atom. The number of rotatable bonds is 2. The molecule has 1 aromatic rings. The summed E-state index contributed by atoms with van der Waals surface area (Å²) in [7, 11) is 0. The van der Waals surface area contributed by atoms with Gasteiger partial charge in [-0.05, 0) is 44.9 Å². The summed E-state index contributed by atoms with van der Waals surface area (Å²) in [6, 6.07) is 4.99. The number of ether oxygens (including phenoxy) is 1. The quantitative estimate of drug-likeness (QED) is 0.893. The molecule has 2 atom stereocenters. The maximum Gasteiger partial charge on any atom is 0.416 e. The largest absolute Gasteiger partial charge is 0.444 e. The highest BCUT2D eigenvalue weighted by atomic mass is 19.4. The summed E-state index contributed by atoms with van der Waals surface area (Å²) in [5.74, 6) is 0.0554. The van der Waals surface area contributed by atoms with Crippen molar-refractivity contribution in [1.82, 2.24) is 5.32 Å². The molecule has 0 aliphatic heterocycles. The first-order valence-corrected chi connectivity index (χ1v) is 6.73. The maximum atomic E-state index is 12.5. The third-order valence-electron chi connectivity index (χ3n) is 3.16. The van der Waals surface area contributed by atoms with E-state index in [1.54, 1.807) is 20.8 Å². The molecule has 1 aromatic carbocycles. The van der Waals surface area contributed by atoms with Crippen molar-refractivity contribution in [1.29, 1.82) is 0 Å². The Labute approximate surface area is 121 Å². The van der Waals surface area contributed by atoms with Gasteiger partial charge in [-0.1, -0.05) is 12.1 Å². The Bertz CT molecular complexity index is 517. The van der Waals surface area contributed by atoms with Crippen LogP contribution in [0.15, 0.2) is 24.3 Å². The molecule has 0 bridgehead atoms. The van der Waals surface area contributed by atoms with Crippen LogP contribution in [-0.4, -0.2) is 17.7 Å². The molecule has 0 saturated heterocycles. The van der Waals surface area contributed by atoms with Crippen molar-refractivity contribution in [2.45, 2.75) is 50.9 Å². The molecule has 1 aliphatic carbocycles. The third kappa shape index (κ3) is 4.37. The van der Waals surface area contributed by atoms with Gasteiger partial charge >= 0.3 is 12.3 Å². The van der Waals surface area contributed by atoms with Crippen LogP contribution in [0.25, 0.3) is 0 Å². The van der Waals surface area contributed by atoms with E-state index < -0.39 is 23.4 Å². The van der Waals surface area contributed by atoms with Crippen LogP contribution < -0.4 is 5.32 Å². The zero-order chi connectivity index (χ0) is 15.8. The fourth-order valence-corrected chi connectivity index (χ4v) is 2.10. The van der Waals surface area contributed by atoms with E-state index in [4.69, 9.17) is 4.74 Å². The highest BCUT2D eigenvalue weighted by Crippen LogP contribution is 2.41. The van der Waals surface area contributed by atoms with E-state index in [1.165, 1.54) is 12.1 Å². The summed E-state index contributed by atoms with van der Waals surface area (Å²) in [5.41, 5.74) is -0.435. The first-order valence-electron chi connectivity index (χ1n) is 6.73. The fraction of sp³-hybridized carbons (Fsp3) is 0.533. The predicted molar refractivity (Wildman–Crippen MR) is 72.0 cm³/mol. The number of hydrogen-bond donors (Lipinski definition) is 1. The average Bonchev–Trinajstić information content (AvgIpc) is 3.04. The number of nitrogens with one attached hydrogen (secondary N) is 1. The minimum atomic E-state index is -4.32. The van der Waals surface area contributed by atoms with Gasteiger partial charge in [-0.25, -0.2) is 4.79 Å². The lowest BCUT2D eigenvalue weighted by molar-refractivity contribution is -0.137. The van der Waals surface area contributed by atoms with E-state index in [0.29, 0.717) is 6.42 Å². The lowest BCUT2D eigenvalue weighted by atomic mass is 10.1. The van der Waals surface area contributed by atoms with E-state index in [-0.39, 0.29) is 12.0 Å². The van der Waals surface area contributed by atoms with Gasteiger partial charge in [0.05, 0.1) is 5.56 Å². The molecule has 0 heterocycles. The zero-order valence-corrected chi connectivity index (χ0v) is 12.1. The Morgan fingerprint density at radius 1 is 1.19 bits per heavy atom. The highest BCUT2D eigenvalue weighted by Gasteiger charge is 2.40. The molecule has 0 spiro atoms. The van der Waals surface area contributed by atoms with Crippen molar-refractivity contribution in [3.05, 3.63) is 35.4 Å². The normalized spacial score (nSPS) is 21.8. The van der Waals surface area contributed by atoms with E-state index >= 15 is 0 Å². The monoisotopic (exact) mass is 301 g/mol. The Balaban J connectivity index is 1.90. The van der Waals surface area contributed by atoms with Crippen molar-refractivity contribution in [2.75, 3.05) is 0 Å². The molecule has 6 heteroatoms. The van der Waals surface area contributed by atoms with Gasteiger partial charge in [0.2, 0.25) is 0 Å². The molecule has 1 N–H and O–H groups in total. The van der Waals surface area contributed by atoms with Gasteiger partial charge in [0, 0.05) is 12.0 Å². The van der Waals surface area contributed by atoms with Gasteiger partial charge in [-0.15, -0.1) is 0 Å². The molecule has 1 saturated carbocycles. The number of carbonyl (C=O) groups excluding carboxylic acids is 1. The van der Waals surface area contributed by atoms with Gasteiger partial charge in [0.15, 0.2) is 0 Å². The van der Waals surface area contributed by atoms with Gasteiger partial charge in [0.25, 0.3) is 0 Å². The van der Waals surface area contributed by atoms with E-state index in [2.05, 4.69) is 5.32 Å². The topological polar surface area (TPSA) is 38.3 Å². The second kappa shape index (κ2) is 5.24. The Hall–Kier alpha value is -1.72. The molecule has 1 fully saturated rings. The molecule has 3 nitrogen and oxygen atoms in total. The number of halogens is 3. The highest BCUT2D eigenvalue weighted by molar-refractivity contribution is 5.69. The molecule has 1 amide bonds. The summed E-state index contributed by atoms with van der Waals surface area (Å²) in [4.78, 5) is 11.6. The van der Waals surface area contributed by atoms with Crippen molar-refractivity contribution >= 4 is 6.09 Å². The summed E-state index contributed by atoms with van der Waals surface area (Å²) in [5, 5.41) is 2.72. The predicted octanol–water partition coefficient (Wildman–Crippen LogP) is 4.09. The molecular weight excluding hydrogens is 283 g/mol. The molecule has 1 aliphatic rings. The molecular formula is C15H18F3NO2. The lowest BCUT2D eigenvalue weighted by Crippen LogP contribution is -2.34. The van der Waals surface area contributed by atoms with Gasteiger partial charge in [0.1, 0.15) is 5.60 Å². The second-order valence-electron chi connectivity index (χ2n) is 6.21. The summed E-state index contributed by atoms with van der Waals surface area (Å²) in [6.07, 6.45) is -4.11. The van der Waals surface area contributed by atoms with Crippen LogP contribution in [0.3, 0.4) is 0 Å². The number of alkyl halides is 3. The van der Waals surface area contributed by atoms with E-state index in [9.17, 15) is 18.0 Å². The number of alkyl carbamates (subject to hydrolysis) is 1. The maximum absolute atomic E-state index is 12.5.